The summed E-state index contributed by atoms with van der Waals surface area (Å²) in [5.74, 6) is 0. The number of benzene rings is 1. The Morgan fingerprint density at radius 1 is 1.09 bits per heavy atom. The van der Waals surface area contributed by atoms with Crippen LogP contribution in [0.1, 0.15) is 25.8 Å². The van der Waals surface area contributed by atoms with Gasteiger partial charge in [-0.25, -0.2) is 4.98 Å². The molecule has 5 nitrogen and oxygen atoms in total. The van der Waals surface area contributed by atoms with E-state index in [-0.39, 0.29) is 0 Å². The van der Waals surface area contributed by atoms with Gasteiger partial charge in [0.15, 0.2) is 0 Å². The van der Waals surface area contributed by atoms with E-state index in [0.29, 0.717) is 0 Å². The quantitative estimate of drug-likeness (QED) is 0.383. The Labute approximate surface area is 207 Å². The number of rotatable bonds is 10. The highest BCUT2D eigenvalue weighted by molar-refractivity contribution is 7.17. The third kappa shape index (κ3) is 6.25. The number of piperazine rings is 1. The number of nitrogens with zero attached hydrogens (tertiary/aromatic N) is 4. The molecule has 1 aliphatic heterocycles. The van der Waals surface area contributed by atoms with Crippen LogP contribution in [-0.2, 0) is 6.54 Å². The van der Waals surface area contributed by atoms with Gasteiger partial charge in [-0.3, -0.25) is 4.90 Å². The summed E-state index contributed by atoms with van der Waals surface area (Å²) in [6, 6.07) is 10.7. The van der Waals surface area contributed by atoms with Crippen molar-refractivity contribution < 1.29 is 0 Å². The van der Waals surface area contributed by atoms with Crippen molar-refractivity contribution >= 4 is 38.8 Å². The average Bonchev–Trinajstić information content (AvgIpc) is 3.31. The number of halogens is 1. The van der Waals surface area contributed by atoms with Gasteiger partial charge >= 0.3 is 0 Å². The zero-order chi connectivity index (χ0) is 23.2. The van der Waals surface area contributed by atoms with Crippen molar-refractivity contribution in [3.63, 3.8) is 0 Å². The summed E-state index contributed by atoms with van der Waals surface area (Å²) in [6.07, 6.45) is 1.14. The van der Waals surface area contributed by atoms with Gasteiger partial charge in [0.1, 0.15) is 0 Å². The van der Waals surface area contributed by atoms with Gasteiger partial charge in [0.05, 0.1) is 21.6 Å². The van der Waals surface area contributed by atoms with Gasteiger partial charge in [-0.2, -0.15) is 0 Å². The summed E-state index contributed by atoms with van der Waals surface area (Å²) >= 11 is 8.43. The van der Waals surface area contributed by atoms with Crippen molar-refractivity contribution in [2.24, 2.45) is 0 Å². The number of hydrogen-bond acceptors (Lipinski definition) is 6. The summed E-state index contributed by atoms with van der Waals surface area (Å²) in [5, 5.41) is 6.63. The predicted molar refractivity (Wildman–Crippen MR) is 144 cm³/mol. The molecule has 0 atom stereocenters. The number of anilines is 1. The van der Waals surface area contributed by atoms with Crippen LogP contribution in [0.2, 0.25) is 5.02 Å². The molecule has 0 spiro atoms. The number of fused-ring (bicyclic) bond motifs is 1. The molecule has 1 aliphatic rings. The molecule has 2 aromatic heterocycles. The van der Waals surface area contributed by atoms with Crippen molar-refractivity contribution in [1.29, 1.82) is 0 Å². The van der Waals surface area contributed by atoms with Crippen LogP contribution < -0.4 is 5.32 Å². The van der Waals surface area contributed by atoms with Gasteiger partial charge in [-0.1, -0.05) is 37.6 Å². The van der Waals surface area contributed by atoms with Crippen LogP contribution in [0.3, 0.4) is 0 Å². The fourth-order valence-electron chi connectivity index (χ4n) is 4.36. The molecule has 1 fully saturated rings. The van der Waals surface area contributed by atoms with Gasteiger partial charge in [-0.15, -0.1) is 11.3 Å². The maximum absolute atomic E-state index is 6.68. The summed E-state index contributed by atoms with van der Waals surface area (Å²) in [4.78, 5) is 12.3. The van der Waals surface area contributed by atoms with E-state index in [4.69, 9.17) is 16.6 Å². The Hall–Kier alpha value is -1.70. The molecule has 0 saturated carbocycles. The first-order valence-electron chi connectivity index (χ1n) is 12.1. The lowest BCUT2D eigenvalue weighted by molar-refractivity contribution is 0.154. The van der Waals surface area contributed by atoms with E-state index in [2.05, 4.69) is 76.6 Å². The summed E-state index contributed by atoms with van der Waals surface area (Å²) in [6.45, 7) is 14.1. The van der Waals surface area contributed by atoms with Gasteiger partial charge < -0.3 is 15.1 Å². The fourth-order valence-corrected chi connectivity index (χ4v) is 5.42. The second-order valence-corrected chi connectivity index (χ2v) is 10.2. The SMILES string of the molecule is CCN(CC)Cc1ccc(-c2cc(NCCCN3CCN(C)CC3)c3sccc3n2)cc1Cl. The zero-order valence-corrected chi connectivity index (χ0v) is 21.7. The van der Waals surface area contributed by atoms with Gasteiger partial charge in [0.25, 0.3) is 0 Å². The Morgan fingerprint density at radius 3 is 2.61 bits per heavy atom. The first-order chi connectivity index (χ1) is 16.1. The molecule has 0 aliphatic carbocycles. The van der Waals surface area contributed by atoms with Gasteiger partial charge in [0.2, 0.25) is 0 Å². The highest BCUT2D eigenvalue weighted by Gasteiger charge is 2.14. The lowest BCUT2D eigenvalue weighted by Gasteiger charge is -2.32. The van der Waals surface area contributed by atoms with Crippen molar-refractivity contribution in [2.75, 3.05) is 64.7 Å². The number of nitrogens with one attached hydrogen (secondary N) is 1. The molecule has 0 radical (unpaired) electrons. The maximum Gasteiger partial charge on any atom is 0.0838 e. The van der Waals surface area contributed by atoms with Crippen LogP contribution in [0, 0.1) is 0 Å². The molecule has 7 heteroatoms. The Balaban J connectivity index is 1.45. The number of pyridine rings is 1. The van der Waals surface area contributed by atoms with Crippen molar-refractivity contribution in [3.05, 3.63) is 46.3 Å². The minimum atomic E-state index is 0.813. The molecule has 178 valence electrons. The number of likely N-dealkylation sites (N-methyl/N-ethyl adjacent to an activating group) is 1. The molecular formula is C26H36ClN5S. The minimum absolute atomic E-state index is 0.813. The number of hydrogen-bond donors (Lipinski definition) is 1. The topological polar surface area (TPSA) is 34.6 Å². The number of aromatic nitrogens is 1. The molecule has 0 bridgehead atoms. The molecule has 33 heavy (non-hydrogen) atoms. The van der Waals surface area contributed by atoms with Crippen LogP contribution in [0.4, 0.5) is 5.69 Å². The lowest BCUT2D eigenvalue weighted by Crippen LogP contribution is -2.44. The number of thiophene rings is 1. The third-order valence-corrected chi connectivity index (χ3v) is 7.90. The lowest BCUT2D eigenvalue weighted by atomic mass is 10.1. The monoisotopic (exact) mass is 485 g/mol. The van der Waals surface area contributed by atoms with Crippen LogP contribution >= 0.6 is 22.9 Å². The van der Waals surface area contributed by atoms with Gasteiger partial charge in [-0.05, 0) is 62.2 Å². The second-order valence-electron chi connectivity index (χ2n) is 8.88. The molecule has 1 aromatic carbocycles. The van der Waals surface area contributed by atoms with Crippen LogP contribution in [0.25, 0.3) is 21.5 Å². The van der Waals surface area contributed by atoms with Crippen LogP contribution in [0.5, 0.6) is 0 Å². The molecule has 4 rings (SSSR count). The smallest absolute Gasteiger partial charge is 0.0838 e. The summed E-state index contributed by atoms with van der Waals surface area (Å²) < 4.78 is 1.22. The first-order valence-corrected chi connectivity index (χ1v) is 13.4. The fraction of sp³-hybridized carbons (Fsp3) is 0.500. The molecule has 3 heterocycles. The molecule has 0 amide bonds. The predicted octanol–water partition coefficient (Wildman–Crippen LogP) is 5.51. The molecule has 3 aromatic rings. The Morgan fingerprint density at radius 2 is 1.88 bits per heavy atom. The molecule has 0 unspecified atom stereocenters. The van der Waals surface area contributed by atoms with Gasteiger partial charge in [0, 0.05) is 49.9 Å². The molecule has 1 N–H and O–H groups in total. The van der Waals surface area contributed by atoms with Crippen LogP contribution in [-0.4, -0.2) is 79.1 Å². The molecule has 1 saturated heterocycles. The molecular weight excluding hydrogens is 450 g/mol. The third-order valence-electron chi connectivity index (χ3n) is 6.61. The van der Waals surface area contributed by atoms with E-state index in [1.54, 1.807) is 11.3 Å². The van der Waals surface area contributed by atoms with E-state index in [1.165, 1.54) is 42.1 Å². The van der Waals surface area contributed by atoms with E-state index in [1.807, 2.05) is 0 Å². The van der Waals surface area contributed by atoms with Crippen molar-refractivity contribution in [3.8, 4) is 11.3 Å². The van der Waals surface area contributed by atoms with Crippen molar-refractivity contribution in [2.45, 2.75) is 26.8 Å². The largest absolute Gasteiger partial charge is 0.384 e. The van der Waals surface area contributed by atoms with E-state index >= 15 is 0 Å². The Kier molecular flexibility index (Phi) is 8.61. The zero-order valence-electron chi connectivity index (χ0n) is 20.1. The second kappa shape index (κ2) is 11.6. The van der Waals surface area contributed by atoms with E-state index in [0.717, 1.165) is 60.9 Å². The normalized spacial score (nSPS) is 15.5. The summed E-state index contributed by atoms with van der Waals surface area (Å²) in [7, 11) is 2.21. The minimum Gasteiger partial charge on any atom is -0.384 e. The van der Waals surface area contributed by atoms with Crippen LogP contribution in [0.15, 0.2) is 35.7 Å². The van der Waals surface area contributed by atoms with Crippen molar-refractivity contribution in [1.82, 2.24) is 19.7 Å². The van der Waals surface area contributed by atoms with E-state index < -0.39 is 0 Å². The summed E-state index contributed by atoms with van der Waals surface area (Å²) in [5.41, 5.74) is 5.42. The van der Waals surface area contributed by atoms with E-state index in [9.17, 15) is 0 Å². The standard InChI is InChI=1S/C26H36ClN5S/c1-4-31(5-2)19-21-8-7-20(17-22(21)27)24-18-25(26-23(29-24)9-16-33-26)28-10-6-11-32-14-12-30(3)13-15-32/h7-9,16-18H,4-6,10-15,19H2,1-3H3,(H,28,29). The first kappa shape index (κ1) is 24.4. The Bertz CT molecular complexity index is 1040. The average molecular weight is 486 g/mol. The maximum atomic E-state index is 6.68. The highest BCUT2D eigenvalue weighted by Crippen LogP contribution is 2.33. The highest BCUT2D eigenvalue weighted by atomic mass is 35.5.